The molecule has 0 bridgehead atoms. The van der Waals surface area contributed by atoms with Gasteiger partial charge in [-0.25, -0.2) is 0 Å². The van der Waals surface area contributed by atoms with Crippen LogP contribution >= 0.6 is 11.6 Å². The van der Waals surface area contributed by atoms with Crippen molar-refractivity contribution in [3.05, 3.63) is 59.1 Å². The number of rotatable bonds is 2. The van der Waals surface area contributed by atoms with Crippen molar-refractivity contribution in [1.29, 1.82) is 0 Å². The Morgan fingerprint density at radius 1 is 1.26 bits per heavy atom. The summed E-state index contributed by atoms with van der Waals surface area (Å²) in [5.74, 6) is 0.628. The molecule has 2 aliphatic heterocycles. The molecule has 0 saturated heterocycles. The minimum Gasteiger partial charge on any atom is -0.489 e. The van der Waals surface area contributed by atoms with Crippen molar-refractivity contribution in [2.24, 2.45) is 5.10 Å². The van der Waals surface area contributed by atoms with Crippen molar-refractivity contribution in [3.8, 4) is 5.75 Å². The fourth-order valence-corrected chi connectivity index (χ4v) is 3.44. The van der Waals surface area contributed by atoms with Crippen LogP contribution < -0.4 is 9.75 Å². The molecule has 5 heteroatoms. The van der Waals surface area contributed by atoms with Gasteiger partial charge in [0.15, 0.2) is 5.78 Å². The van der Waals surface area contributed by atoms with Gasteiger partial charge in [-0.05, 0) is 23.8 Å². The Balaban J connectivity index is 1.83. The molecule has 0 N–H and O–H groups in total. The number of hydrogen-bond donors (Lipinski definition) is 0. The third kappa shape index (κ3) is 2.30. The highest BCUT2D eigenvalue weighted by Crippen LogP contribution is 2.43. The molecule has 0 aromatic heterocycles. The largest absolute Gasteiger partial charge is 0.489 e. The molecule has 4 nitrogen and oxygen atoms in total. The Morgan fingerprint density at radius 2 is 2.04 bits per heavy atom. The fraction of sp³-hybridized carbons (Fsp3) is 0.222. The van der Waals surface area contributed by atoms with Crippen LogP contribution in [0.4, 0.5) is 5.69 Å². The summed E-state index contributed by atoms with van der Waals surface area (Å²) in [5, 5.41) is 7.12. The van der Waals surface area contributed by atoms with Gasteiger partial charge in [-0.3, -0.25) is 9.80 Å². The zero-order valence-corrected chi connectivity index (χ0v) is 13.3. The number of anilines is 1. The first-order valence-corrected chi connectivity index (χ1v) is 7.89. The van der Waals surface area contributed by atoms with Crippen molar-refractivity contribution < 1.29 is 9.53 Å². The van der Waals surface area contributed by atoms with E-state index < -0.39 is 0 Å². The zero-order valence-electron chi connectivity index (χ0n) is 12.6. The van der Waals surface area contributed by atoms with Gasteiger partial charge in [0, 0.05) is 11.9 Å². The summed E-state index contributed by atoms with van der Waals surface area (Å²) in [7, 11) is 0. The van der Waals surface area contributed by atoms with Gasteiger partial charge in [-0.15, -0.1) is 0 Å². The molecule has 0 radical (unpaired) electrons. The van der Waals surface area contributed by atoms with E-state index in [-0.39, 0.29) is 17.7 Å². The summed E-state index contributed by atoms with van der Waals surface area (Å²) in [5.41, 5.74) is 2.45. The Morgan fingerprint density at radius 3 is 2.78 bits per heavy atom. The SMILES string of the molecule is CC(=O)C1=NN2c3cc(Cl)ccc3OCC2[C@@H]1c1ccccc1. The van der Waals surface area contributed by atoms with Crippen LogP contribution in [0.15, 0.2) is 53.6 Å². The third-order valence-electron chi connectivity index (χ3n) is 4.31. The molecule has 0 amide bonds. The Labute approximate surface area is 139 Å². The molecule has 0 fully saturated rings. The predicted octanol–water partition coefficient (Wildman–Crippen LogP) is 3.65. The molecule has 116 valence electrons. The van der Waals surface area contributed by atoms with E-state index in [0.717, 1.165) is 17.0 Å². The predicted molar refractivity (Wildman–Crippen MR) is 90.5 cm³/mol. The van der Waals surface area contributed by atoms with E-state index >= 15 is 0 Å². The monoisotopic (exact) mass is 326 g/mol. The maximum Gasteiger partial charge on any atom is 0.176 e. The van der Waals surface area contributed by atoms with Crippen LogP contribution in [0.25, 0.3) is 0 Å². The van der Waals surface area contributed by atoms with Crippen molar-refractivity contribution in [1.82, 2.24) is 0 Å². The van der Waals surface area contributed by atoms with Crippen molar-refractivity contribution in [2.75, 3.05) is 11.6 Å². The average Bonchev–Trinajstić information content (AvgIpc) is 2.96. The summed E-state index contributed by atoms with van der Waals surface area (Å²) < 4.78 is 5.89. The van der Waals surface area contributed by atoms with Gasteiger partial charge in [0.1, 0.15) is 23.8 Å². The van der Waals surface area contributed by atoms with Crippen molar-refractivity contribution >= 4 is 28.8 Å². The highest BCUT2D eigenvalue weighted by molar-refractivity contribution is 6.42. The highest BCUT2D eigenvalue weighted by Gasteiger charge is 2.44. The summed E-state index contributed by atoms with van der Waals surface area (Å²) in [4.78, 5) is 12.1. The zero-order chi connectivity index (χ0) is 16.0. The van der Waals surface area contributed by atoms with Crippen LogP contribution in [0.5, 0.6) is 5.75 Å². The van der Waals surface area contributed by atoms with Gasteiger partial charge in [0.25, 0.3) is 0 Å². The van der Waals surface area contributed by atoms with Gasteiger partial charge in [0.2, 0.25) is 0 Å². The number of hydrazone groups is 1. The van der Waals surface area contributed by atoms with Crippen LogP contribution in [-0.4, -0.2) is 24.1 Å². The molecule has 4 rings (SSSR count). The van der Waals surface area contributed by atoms with Crippen LogP contribution in [-0.2, 0) is 4.79 Å². The highest BCUT2D eigenvalue weighted by atomic mass is 35.5. The lowest BCUT2D eigenvalue weighted by Crippen LogP contribution is -2.41. The number of Topliss-reactive ketones (excluding diaryl/α,β-unsaturated/α-hetero) is 1. The second-order valence-corrected chi connectivity index (χ2v) is 6.20. The van der Waals surface area contributed by atoms with Gasteiger partial charge in [-0.1, -0.05) is 41.9 Å². The molecule has 2 aromatic carbocycles. The quantitative estimate of drug-likeness (QED) is 0.846. The number of fused-ring (bicyclic) bond motifs is 3. The van der Waals surface area contributed by atoms with Crippen LogP contribution in [0.1, 0.15) is 18.4 Å². The van der Waals surface area contributed by atoms with E-state index in [2.05, 4.69) is 5.10 Å². The summed E-state index contributed by atoms with van der Waals surface area (Å²) in [6.45, 7) is 2.04. The van der Waals surface area contributed by atoms with Crippen LogP contribution in [0.2, 0.25) is 5.02 Å². The lowest BCUT2D eigenvalue weighted by Gasteiger charge is -2.33. The number of hydrogen-bond acceptors (Lipinski definition) is 4. The minimum absolute atomic E-state index is 0.0168. The second kappa shape index (κ2) is 5.39. The molecular formula is C18H15ClN2O2. The van der Waals surface area contributed by atoms with E-state index in [0.29, 0.717) is 17.3 Å². The molecule has 2 heterocycles. The van der Waals surface area contributed by atoms with Gasteiger partial charge in [0.05, 0.1) is 12.0 Å². The maximum atomic E-state index is 12.1. The smallest absolute Gasteiger partial charge is 0.176 e. The van der Waals surface area contributed by atoms with Crippen LogP contribution in [0.3, 0.4) is 0 Å². The Kier molecular flexibility index (Phi) is 3.34. The molecule has 2 atom stereocenters. The topological polar surface area (TPSA) is 41.9 Å². The first-order valence-electron chi connectivity index (χ1n) is 7.51. The molecule has 2 aliphatic rings. The average molecular weight is 327 g/mol. The number of benzene rings is 2. The summed E-state index contributed by atoms with van der Waals surface area (Å²) in [6.07, 6.45) is 0. The van der Waals surface area contributed by atoms with E-state index in [1.807, 2.05) is 47.5 Å². The Hall–Kier alpha value is -2.33. The third-order valence-corrected chi connectivity index (χ3v) is 4.54. The van der Waals surface area contributed by atoms with E-state index in [9.17, 15) is 4.79 Å². The maximum absolute atomic E-state index is 12.1. The summed E-state index contributed by atoms with van der Waals surface area (Å²) in [6, 6.07) is 15.4. The first-order chi connectivity index (χ1) is 11.1. The van der Waals surface area contributed by atoms with Gasteiger partial charge >= 0.3 is 0 Å². The second-order valence-electron chi connectivity index (χ2n) is 5.76. The first kappa shape index (κ1) is 14.3. The lowest BCUT2D eigenvalue weighted by atomic mass is 9.86. The molecular weight excluding hydrogens is 312 g/mol. The number of ketones is 1. The lowest BCUT2D eigenvalue weighted by molar-refractivity contribution is -0.111. The van der Waals surface area contributed by atoms with E-state index in [1.54, 1.807) is 13.0 Å². The standard InChI is InChI=1S/C18H15ClN2O2/c1-11(22)18-17(12-5-3-2-4-6-12)15-10-23-16-8-7-13(19)9-14(16)21(15)20-18/h2-9,15,17H,10H2,1H3/t15?,17-/m0/s1. The van der Waals surface area contributed by atoms with Crippen molar-refractivity contribution in [2.45, 2.75) is 18.9 Å². The molecule has 0 aliphatic carbocycles. The molecule has 23 heavy (non-hydrogen) atoms. The number of nitrogens with zero attached hydrogens (tertiary/aromatic N) is 2. The van der Waals surface area contributed by atoms with E-state index in [4.69, 9.17) is 16.3 Å². The number of carbonyl (C=O) groups is 1. The Bertz CT molecular complexity index is 804. The van der Waals surface area contributed by atoms with Gasteiger partial charge in [-0.2, -0.15) is 5.10 Å². The van der Waals surface area contributed by atoms with E-state index in [1.165, 1.54) is 0 Å². The molecule has 1 unspecified atom stereocenters. The minimum atomic E-state index is -0.0965. The normalized spacial score (nSPS) is 22.0. The number of ether oxygens (including phenoxy) is 1. The van der Waals surface area contributed by atoms with Crippen molar-refractivity contribution in [3.63, 3.8) is 0 Å². The van der Waals surface area contributed by atoms with Crippen LogP contribution in [0, 0.1) is 0 Å². The van der Waals surface area contributed by atoms with Gasteiger partial charge < -0.3 is 4.74 Å². The number of halogens is 1. The molecule has 0 saturated carbocycles. The molecule has 0 spiro atoms. The molecule has 2 aromatic rings. The summed E-state index contributed by atoms with van der Waals surface area (Å²) >= 11 is 6.12. The number of carbonyl (C=O) groups excluding carboxylic acids is 1. The fourth-order valence-electron chi connectivity index (χ4n) is 3.27.